The smallest absolute Gasteiger partial charge is 0.237 e. The molecule has 4 nitrogen and oxygen atoms in total. The van der Waals surface area contributed by atoms with Gasteiger partial charge in [-0.05, 0) is 66.2 Å². The lowest BCUT2D eigenvalue weighted by atomic mass is 9.76. The van der Waals surface area contributed by atoms with E-state index in [4.69, 9.17) is 0 Å². The molecule has 4 rings (SSSR count). The van der Waals surface area contributed by atoms with Gasteiger partial charge in [0.25, 0.3) is 0 Å². The molecule has 0 saturated carbocycles. The van der Waals surface area contributed by atoms with Crippen molar-refractivity contribution < 1.29 is 23.5 Å². The number of hydrogen-bond donors (Lipinski definition) is 1. The highest BCUT2D eigenvalue weighted by Crippen LogP contribution is 2.47. The molecule has 1 fully saturated rings. The molecule has 0 aliphatic carbocycles. The average Bonchev–Trinajstić information content (AvgIpc) is 2.74. The van der Waals surface area contributed by atoms with E-state index in [2.05, 4.69) is 6.58 Å². The molecule has 1 N–H and O–H groups in total. The molecule has 0 aromatic heterocycles. The number of phenolic OH excluding ortho intramolecular Hbond substituents is 1. The molecule has 156 valence electrons. The van der Waals surface area contributed by atoms with Gasteiger partial charge in [0.2, 0.25) is 5.91 Å². The van der Waals surface area contributed by atoms with E-state index in [0.29, 0.717) is 16.8 Å². The summed E-state index contributed by atoms with van der Waals surface area (Å²) in [5.74, 6) is -1.93. The Balaban J connectivity index is 1.62. The van der Waals surface area contributed by atoms with Gasteiger partial charge in [-0.15, -0.1) is 0 Å². The lowest BCUT2D eigenvalue weighted by Gasteiger charge is -2.48. The Kier molecular flexibility index (Phi) is 5.38. The van der Waals surface area contributed by atoms with Crippen LogP contribution >= 0.6 is 0 Å². The maximum atomic E-state index is 13.4. The molecule has 0 radical (unpaired) electrons. The number of rotatable bonds is 6. The van der Waals surface area contributed by atoms with Crippen LogP contribution in [-0.2, 0) is 4.79 Å². The van der Waals surface area contributed by atoms with Crippen molar-refractivity contribution in [3.63, 3.8) is 0 Å². The Bertz CT molecular complexity index is 1140. The third-order valence-corrected chi connectivity index (χ3v) is 5.43. The van der Waals surface area contributed by atoms with E-state index in [1.807, 2.05) is 0 Å². The number of phenols is 1. The standard InChI is InChI=1S/C25H19F2NO3/c1-15(14-22(30)16-2-6-18(26)7-3-16)23-24(17-4-12-21(29)13-5-17)28(25(23)31)20-10-8-19(27)9-11-20/h2-13,23-24,29H,1,14H2/t23-,24-/m1/s1. The van der Waals surface area contributed by atoms with Gasteiger partial charge in [0, 0.05) is 17.7 Å². The highest BCUT2D eigenvalue weighted by molar-refractivity contribution is 6.06. The monoisotopic (exact) mass is 419 g/mol. The number of carbonyl (C=O) groups is 2. The summed E-state index contributed by atoms with van der Waals surface area (Å²) in [6.45, 7) is 3.99. The van der Waals surface area contributed by atoms with E-state index in [0.717, 1.165) is 5.56 Å². The molecular weight excluding hydrogens is 400 g/mol. The molecule has 0 bridgehead atoms. The molecule has 31 heavy (non-hydrogen) atoms. The first-order chi connectivity index (χ1) is 14.8. The zero-order chi connectivity index (χ0) is 22.1. The molecule has 1 aliphatic heterocycles. The van der Waals surface area contributed by atoms with Crippen molar-refractivity contribution in [2.75, 3.05) is 4.90 Å². The second kappa shape index (κ2) is 8.14. The molecule has 2 atom stereocenters. The minimum Gasteiger partial charge on any atom is -0.508 e. The fourth-order valence-electron chi connectivity index (χ4n) is 3.84. The minimum atomic E-state index is -0.654. The second-order valence-corrected chi connectivity index (χ2v) is 7.46. The van der Waals surface area contributed by atoms with E-state index in [9.17, 15) is 23.5 Å². The van der Waals surface area contributed by atoms with Gasteiger partial charge in [-0.2, -0.15) is 0 Å². The van der Waals surface area contributed by atoms with Crippen LogP contribution in [0.25, 0.3) is 0 Å². The van der Waals surface area contributed by atoms with Crippen molar-refractivity contribution in [1.29, 1.82) is 0 Å². The zero-order valence-electron chi connectivity index (χ0n) is 16.5. The summed E-state index contributed by atoms with van der Waals surface area (Å²) in [5, 5.41) is 9.62. The van der Waals surface area contributed by atoms with Crippen LogP contribution in [0.15, 0.2) is 84.9 Å². The van der Waals surface area contributed by atoms with Crippen LogP contribution in [0.4, 0.5) is 14.5 Å². The van der Waals surface area contributed by atoms with Crippen LogP contribution in [-0.4, -0.2) is 16.8 Å². The van der Waals surface area contributed by atoms with Crippen LogP contribution in [0.3, 0.4) is 0 Å². The highest BCUT2D eigenvalue weighted by atomic mass is 19.1. The Labute approximate surface area is 178 Å². The maximum absolute atomic E-state index is 13.4. The van der Waals surface area contributed by atoms with Gasteiger partial charge in [0.1, 0.15) is 17.4 Å². The number of hydrogen-bond acceptors (Lipinski definition) is 3. The lowest BCUT2D eigenvalue weighted by molar-refractivity contribution is -0.128. The van der Waals surface area contributed by atoms with E-state index < -0.39 is 23.6 Å². The molecule has 1 amide bonds. The summed E-state index contributed by atoms with van der Waals surface area (Å²) in [5.41, 5.74) is 2.06. The first kappa shape index (κ1) is 20.5. The number of anilines is 1. The molecular formula is C25H19F2NO3. The number of benzene rings is 3. The SMILES string of the molecule is C=C(CC(=O)c1ccc(F)cc1)[C@H]1C(=O)N(c2ccc(F)cc2)[C@@H]1c1ccc(O)cc1. The van der Waals surface area contributed by atoms with Crippen molar-refractivity contribution in [2.24, 2.45) is 5.92 Å². The minimum absolute atomic E-state index is 0.0616. The molecule has 3 aromatic rings. The largest absolute Gasteiger partial charge is 0.508 e. The van der Waals surface area contributed by atoms with Gasteiger partial charge in [-0.25, -0.2) is 8.78 Å². The third-order valence-electron chi connectivity index (χ3n) is 5.43. The van der Waals surface area contributed by atoms with Gasteiger partial charge >= 0.3 is 0 Å². The van der Waals surface area contributed by atoms with Gasteiger partial charge in [-0.1, -0.05) is 24.3 Å². The quantitative estimate of drug-likeness (QED) is 0.339. The normalized spacial score (nSPS) is 17.9. The second-order valence-electron chi connectivity index (χ2n) is 7.46. The zero-order valence-corrected chi connectivity index (χ0v) is 16.5. The number of carbonyl (C=O) groups excluding carboxylic acids is 2. The fraction of sp³-hybridized carbons (Fsp3) is 0.120. The molecule has 1 heterocycles. The summed E-state index contributed by atoms with van der Waals surface area (Å²) in [4.78, 5) is 27.2. The number of nitrogens with zero attached hydrogens (tertiary/aromatic N) is 1. The summed E-state index contributed by atoms with van der Waals surface area (Å²) >= 11 is 0. The number of halogens is 2. The van der Waals surface area contributed by atoms with Crippen LogP contribution in [0.5, 0.6) is 5.75 Å². The van der Waals surface area contributed by atoms with E-state index >= 15 is 0 Å². The number of aromatic hydroxyl groups is 1. The average molecular weight is 419 g/mol. The van der Waals surface area contributed by atoms with Crippen LogP contribution in [0.2, 0.25) is 0 Å². The Morgan fingerprint density at radius 1 is 0.903 bits per heavy atom. The number of ketones is 1. The molecule has 1 aliphatic rings. The topological polar surface area (TPSA) is 57.6 Å². The molecule has 0 unspecified atom stereocenters. The summed E-state index contributed by atoms with van der Waals surface area (Å²) in [6, 6.07) is 16.8. The predicted molar refractivity (Wildman–Crippen MR) is 113 cm³/mol. The van der Waals surface area contributed by atoms with E-state index in [1.165, 1.54) is 65.6 Å². The molecule has 1 saturated heterocycles. The summed E-state index contributed by atoms with van der Waals surface area (Å²) in [7, 11) is 0. The van der Waals surface area contributed by atoms with Crippen molar-refractivity contribution in [3.8, 4) is 5.75 Å². The third kappa shape index (κ3) is 3.97. The fourth-order valence-corrected chi connectivity index (χ4v) is 3.84. The Hall–Kier alpha value is -3.80. The lowest BCUT2D eigenvalue weighted by Crippen LogP contribution is -2.56. The number of Topliss-reactive ketones (excluding diaryl/α,β-unsaturated/α-hetero) is 1. The van der Waals surface area contributed by atoms with Crippen LogP contribution < -0.4 is 4.90 Å². The van der Waals surface area contributed by atoms with Crippen molar-refractivity contribution in [1.82, 2.24) is 0 Å². The van der Waals surface area contributed by atoms with Crippen molar-refractivity contribution >= 4 is 17.4 Å². The van der Waals surface area contributed by atoms with Gasteiger partial charge in [-0.3, -0.25) is 9.59 Å². The predicted octanol–water partition coefficient (Wildman–Crippen LogP) is 5.20. The van der Waals surface area contributed by atoms with Gasteiger partial charge in [0.15, 0.2) is 5.78 Å². The van der Waals surface area contributed by atoms with E-state index in [1.54, 1.807) is 12.1 Å². The summed E-state index contributed by atoms with van der Waals surface area (Å²) < 4.78 is 26.5. The first-order valence-corrected chi connectivity index (χ1v) is 9.69. The van der Waals surface area contributed by atoms with Gasteiger partial charge in [0.05, 0.1) is 12.0 Å². The molecule has 0 spiro atoms. The number of β-lactam (4-membered cyclic amide) rings is 1. The Morgan fingerprint density at radius 3 is 2.03 bits per heavy atom. The molecule has 6 heteroatoms. The van der Waals surface area contributed by atoms with Crippen molar-refractivity contribution in [2.45, 2.75) is 12.5 Å². The van der Waals surface area contributed by atoms with E-state index in [-0.39, 0.29) is 23.9 Å². The van der Waals surface area contributed by atoms with Crippen LogP contribution in [0, 0.1) is 17.6 Å². The van der Waals surface area contributed by atoms with Gasteiger partial charge < -0.3 is 10.0 Å². The Morgan fingerprint density at radius 2 is 1.45 bits per heavy atom. The first-order valence-electron chi connectivity index (χ1n) is 9.69. The molecule has 3 aromatic carbocycles. The number of amides is 1. The summed E-state index contributed by atoms with van der Waals surface area (Å²) in [6.07, 6.45) is -0.0616. The highest BCUT2D eigenvalue weighted by Gasteiger charge is 2.50. The maximum Gasteiger partial charge on any atom is 0.237 e. The van der Waals surface area contributed by atoms with Crippen LogP contribution in [0.1, 0.15) is 28.4 Å². The van der Waals surface area contributed by atoms with Crippen molar-refractivity contribution in [3.05, 3.63) is 108 Å².